The van der Waals surface area contributed by atoms with Crippen LogP contribution >= 0.6 is 11.8 Å². The zero-order valence-corrected chi connectivity index (χ0v) is 16.9. The summed E-state index contributed by atoms with van der Waals surface area (Å²) in [5.41, 5.74) is 4.06. The van der Waals surface area contributed by atoms with Gasteiger partial charge in [0.15, 0.2) is 0 Å². The molecule has 25 heavy (non-hydrogen) atoms. The highest BCUT2D eigenvalue weighted by molar-refractivity contribution is 7.98. The van der Waals surface area contributed by atoms with E-state index in [0.29, 0.717) is 10.5 Å². The van der Waals surface area contributed by atoms with Gasteiger partial charge in [-0.15, -0.1) is 11.8 Å². The van der Waals surface area contributed by atoms with Gasteiger partial charge in [-0.05, 0) is 73.9 Å². The van der Waals surface area contributed by atoms with Gasteiger partial charge >= 0.3 is 0 Å². The molecule has 0 bridgehead atoms. The van der Waals surface area contributed by atoms with Gasteiger partial charge in [-0.3, -0.25) is 0 Å². The quantitative estimate of drug-likeness (QED) is 0.752. The van der Waals surface area contributed by atoms with E-state index in [2.05, 4.69) is 4.72 Å². The first kappa shape index (κ1) is 20.0. The first-order valence-corrected chi connectivity index (χ1v) is 10.8. The van der Waals surface area contributed by atoms with Gasteiger partial charge in [0, 0.05) is 11.4 Å². The van der Waals surface area contributed by atoms with Crippen LogP contribution in [0.1, 0.15) is 33.9 Å². The van der Waals surface area contributed by atoms with Gasteiger partial charge in [0.2, 0.25) is 10.0 Å². The number of benzene rings is 2. The minimum atomic E-state index is -3.70. The van der Waals surface area contributed by atoms with Crippen molar-refractivity contribution >= 4 is 21.8 Å². The smallest absolute Gasteiger partial charge is 0.241 e. The van der Waals surface area contributed by atoms with Gasteiger partial charge < -0.3 is 5.11 Å². The third-order valence-electron chi connectivity index (χ3n) is 4.53. The Hall–Kier alpha value is -1.34. The summed E-state index contributed by atoms with van der Waals surface area (Å²) in [4.78, 5) is 1.41. The molecule has 0 aliphatic carbocycles. The van der Waals surface area contributed by atoms with Gasteiger partial charge in [-0.25, -0.2) is 13.1 Å². The number of hydrogen-bond donors (Lipinski definition) is 2. The number of thioether (sulfide) groups is 1. The average molecular weight is 380 g/mol. The Kier molecular flexibility index (Phi) is 6.32. The standard InChI is InChI=1S/C19H25NO3S2/c1-12-10-13(2)15(4)19(14(12)3)25(22,23)20-11-18(21)16-6-8-17(24-5)9-7-16/h6-10,18,20-21H,11H2,1-5H3. The summed E-state index contributed by atoms with van der Waals surface area (Å²) in [5.74, 6) is 0. The Morgan fingerprint density at radius 3 is 2.04 bits per heavy atom. The minimum absolute atomic E-state index is 0.0627. The van der Waals surface area contributed by atoms with Crippen LogP contribution in [0.2, 0.25) is 0 Å². The Bertz CT molecular complexity index is 833. The summed E-state index contributed by atoms with van der Waals surface area (Å²) < 4.78 is 28.1. The molecule has 0 aromatic heterocycles. The molecule has 0 radical (unpaired) electrons. The van der Waals surface area contributed by atoms with Crippen LogP contribution in [0.15, 0.2) is 40.1 Å². The molecule has 2 N–H and O–H groups in total. The highest BCUT2D eigenvalue weighted by Gasteiger charge is 2.23. The molecule has 136 valence electrons. The second-order valence-electron chi connectivity index (χ2n) is 6.23. The fraction of sp³-hybridized carbons (Fsp3) is 0.368. The molecule has 0 heterocycles. The van der Waals surface area contributed by atoms with Gasteiger partial charge in [-0.1, -0.05) is 18.2 Å². The summed E-state index contributed by atoms with van der Waals surface area (Å²) in [6, 6.07) is 9.45. The molecule has 6 heteroatoms. The number of hydrogen-bond acceptors (Lipinski definition) is 4. The van der Waals surface area contributed by atoms with Gasteiger partial charge in [-0.2, -0.15) is 0 Å². The highest BCUT2D eigenvalue weighted by atomic mass is 32.2. The molecule has 4 nitrogen and oxygen atoms in total. The van der Waals surface area contributed by atoms with Crippen LogP contribution in [0.4, 0.5) is 0 Å². The maximum Gasteiger partial charge on any atom is 0.241 e. The SMILES string of the molecule is CSc1ccc(C(O)CNS(=O)(=O)c2c(C)c(C)cc(C)c2C)cc1. The van der Waals surface area contributed by atoms with Gasteiger partial charge in [0.05, 0.1) is 11.0 Å². The molecule has 0 saturated heterocycles. The number of aryl methyl sites for hydroxylation is 2. The van der Waals surface area contributed by atoms with E-state index in [9.17, 15) is 13.5 Å². The number of aliphatic hydroxyl groups excluding tert-OH is 1. The molecule has 0 amide bonds. The van der Waals surface area contributed by atoms with E-state index >= 15 is 0 Å². The maximum absolute atomic E-state index is 12.8. The molecule has 0 fully saturated rings. The summed E-state index contributed by atoms with van der Waals surface area (Å²) in [7, 11) is -3.70. The first-order chi connectivity index (χ1) is 11.7. The van der Waals surface area contributed by atoms with Crippen LogP contribution in [0.3, 0.4) is 0 Å². The Morgan fingerprint density at radius 2 is 1.56 bits per heavy atom. The van der Waals surface area contributed by atoms with Crippen LogP contribution in [-0.4, -0.2) is 26.3 Å². The van der Waals surface area contributed by atoms with Crippen LogP contribution in [0.5, 0.6) is 0 Å². The number of sulfonamides is 1. The zero-order chi connectivity index (χ0) is 18.8. The van der Waals surface area contributed by atoms with Crippen molar-refractivity contribution in [3.05, 3.63) is 58.1 Å². The van der Waals surface area contributed by atoms with Crippen molar-refractivity contribution in [2.75, 3.05) is 12.8 Å². The topological polar surface area (TPSA) is 66.4 Å². The lowest BCUT2D eigenvalue weighted by Crippen LogP contribution is -2.30. The molecule has 1 atom stereocenters. The van der Waals surface area contributed by atoms with E-state index in [1.165, 1.54) is 0 Å². The first-order valence-electron chi connectivity index (χ1n) is 8.06. The molecule has 0 aliphatic rings. The van der Waals surface area contributed by atoms with Crippen molar-refractivity contribution in [1.82, 2.24) is 4.72 Å². The van der Waals surface area contributed by atoms with E-state index in [-0.39, 0.29) is 6.54 Å². The molecular formula is C19H25NO3S2. The van der Waals surface area contributed by atoms with Crippen LogP contribution in [-0.2, 0) is 10.0 Å². The Morgan fingerprint density at radius 1 is 1.04 bits per heavy atom. The predicted molar refractivity (Wildman–Crippen MR) is 104 cm³/mol. The van der Waals surface area contributed by atoms with Crippen molar-refractivity contribution in [3.63, 3.8) is 0 Å². The lowest BCUT2D eigenvalue weighted by Gasteiger charge is -2.18. The van der Waals surface area contributed by atoms with Crippen LogP contribution in [0.25, 0.3) is 0 Å². The predicted octanol–water partition coefficient (Wildman–Crippen LogP) is 3.65. The van der Waals surface area contributed by atoms with Crippen LogP contribution in [0, 0.1) is 27.7 Å². The molecule has 0 saturated carbocycles. The molecule has 2 aromatic rings. The fourth-order valence-corrected chi connectivity index (χ4v) is 4.85. The van der Waals surface area contributed by atoms with Gasteiger partial charge in [0.1, 0.15) is 0 Å². The Balaban J connectivity index is 2.22. The average Bonchev–Trinajstić information content (AvgIpc) is 2.58. The van der Waals surface area contributed by atoms with Crippen molar-refractivity contribution in [3.8, 4) is 0 Å². The third-order valence-corrected chi connectivity index (χ3v) is 6.97. The molecule has 0 spiro atoms. The third kappa shape index (κ3) is 4.44. The fourth-order valence-electron chi connectivity index (χ4n) is 2.79. The largest absolute Gasteiger partial charge is 0.387 e. The lowest BCUT2D eigenvalue weighted by atomic mass is 10.0. The van der Waals surface area contributed by atoms with Gasteiger partial charge in [0.25, 0.3) is 0 Å². The van der Waals surface area contributed by atoms with Crippen molar-refractivity contribution in [2.45, 2.75) is 43.6 Å². The molecule has 2 aromatic carbocycles. The number of aliphatic hydroxyl groups is 1. The molecule has 1 unspecified atom stereocenters. The highest BCUT2D eigenvalue weighted by Crippen LogP contribution is 2.26. The van der Waals surface area contributed by atoms with Crippen molar-refractivity contribution < 1.29 is 13.5 Å². The summed E-state index contributed by atoms with van der Waals surface area (Å²) >= 11 is 1.62. The van der Waals surface area contributed by atoms with E-state index < -0.39 is 16.1 Å². The second-order valence-corrected chi connectivity index (χ2v) is 8.81. The minimum Gasteiger partial charge on any atom is -0.387 e. The second kappa shape index (κ2) is 7.91. The van der Waals surface area contributed by atoms with E-state index in [1.807, 2.05) is 64.3 Å². The normalized spacial score (nSPS) is 13.0. The molecule has 0 aliphatic heterocycles. The maximum atomic E-state index is 12.8. The van der Waals surface area contributed by atoms with E-state index in [0.717, 1.165) is 27.1 Å². The Labute approximate surface area is 154 Å². The number of nitrogens with one attached hydrogen (secondary N) is 1. The summed E-state index contributed by atoms with van der Waals surface area (Å²) in [5, 5.41) is 10.3. The van der Waals surface area contributed by atoms with Crippen LogP contribution < -0.4 is 4.72 Å². The monoisotopic (exact) mass is 379 g/mol. The van der Waals surface area contributed by atoms with E-state index in [4.69, 9.17) is 0 Å². The summed E-state index contributed by atoms with van der Waals surface area (Å²) in [6.07, 6.45) is 1.09. The number of rotatable bonds is 6. The lowest BCUT2D eigenvalue weighted by molar-refractivity contribution is 0.182. The summed E-state index contributed by atoms with van der Waals surface area (Å²) in [6.45, 7) is 7.38. The zero-order valence-electron chi connectivity index (χ0n) is 15.3. The van der Waals surface area contributed by atoms with Crippen molar-refractivity contribution in [1.29, 1.82) is 0 Å². The van der Waals surface area contributed by atoms with E-state index in [1.54, 1.807) is 11.8 Å². The molecule has 2 rings (SSSR count). The van der Waals surface area contributed by atoms with Crippen molar-refractivity contribution in [2.24, 2.45) is 0 Å². The molecular weight excluding hydrogens is 354 g/mol.